The SMILES string of the molecule is CCN(C(=O)CC(=O)Nc1ccc(C(=O)OC)cc1)C1CCS(=O)(=O)C1. The Labute approximate surface area is 152 Å². The van der Waals surface area contributed by atoms with Gasteiger partial charge in [0.25, 0.3) is 0 Å². The summed E-state index contributed by atoms with van der Waals surface area (Å²) in [5.41, 5.74) is 0.795. The van der Waals surface area contributed by atoms with Gasteiger partial charge in [0.1, 0.15) is 6.42 Å². The van der Waals surface area contributed by atoms with E-state index >= 15 is 0 Å². The van der Waals surface area contributed by atoms with Crippen molar-refractivity contribution in [2.24, 2.45) is 0 Å². The number of hydrogen-bond donors (Lipinski definition) is 1. The molecule has 0 spiro atoms. The zero-order valence-electron chi connectivity index (χ0n) is 14.7. The minimum atomic E-state index is -3.11. The fourth-order valence-electron chi connectivity index (χ4n) is 2.91. The number of amides is 2. The highest BCUT2D eigenvalue weighted by molar-refractivity contribution is 7.91. The van der Waals surface area contributed by atoms with E-state index in [2.05, 4.69) is 10.1 Å². The molecule has 1 aliphatic heterocycles. The van der Waals surface area contributed by atoms with Gasteiger partial charge >= 0.3 is 5.97 Å². The van der Waals surface area contributed by atoms with Gasteiger partial charge in [-0.3, -0.25) is 9.59 Å². The first-order chi connectivity index (χ1) is 12.3. The Balaban J connectivity index is 1.93. The van der Waals surface area contributed by atoms with Crippen LogP contribution in [0.25, 0.3) is 0 Å². The molecule has 2 amide bonds. The van der Waals surface area contributed by atoms with Crippen LogP contribution in [-0.4, -0.2) is 62.3 Å². The summed E-state index contributed by atoms with van der Waals surface area (Å²) in [6, 6.07) is 5.71. The fraction of sp³-hybridized carbons (Fsp3) is 0.471. The maximum absolute atomic E-state index is 12.4. The Bertz CT molecular complexity index is 788. The van der Waals surface area contributed by atoms with Gasteiger partial charge in [0.15, 0.2) is 9.84 Å². The predicted molar refractivity (Wildman–Crippen MR) is 95.5 cm³/mol. The number of carbonyl (C=O) groups excluding carboxylic acids is 3. The molecule has 1 aromatic carbocycles. The minimum Gasteiger partial charge on any atom is -0.465 e. The number of carbonyl (C=O) groups is 3. The zero-order valence-corrected chi connectivity index (χ0v) is 15.5. The number of methoxy groups -OCH3 is 1. The highest BCUT2D eigenvalue weighted by Gasteiger charge is 2.34. The maximum Gasteiger partial charge on any atom is 0.337 e. The van der Waals surface area contributed by atoms with E-state index in [0.29, 0.717) is 24.2 Å². The van der Waals surface area contributed by atoms with Crippen molar-refractivity contribution >= 4 is 33.3 Å². The molecule has 1 fully saturated rings. The van der Waals surface area contributed by atoms with Crippen LogP contribution in [0.4, 0.5) is 5.69 Å². The lowest BCUT2D eigenvalue weighted by Gasteiger charge is -2.26. The van der Waals surface area contributed by atoms with Crippen LogP contribution in [-0.2, 0) is 24.2 Å². The second-order valence-corrected chi connectivity index (χ2v) is 8.26. The monoisotopic (exact) mass is 382 g/mol. The van der Waals surface area contributed by atoms with Crippen LogP contribution < -0.4 is 5.32 Å². The van der Waals surface area contributed by atoms with Crippen LogP contribution in [0.2, 0.25) is 0 Å². The van der Waals surface area contributed by atoms with E-state index in [9.17, 15) is 22.8 Å². The maximum atomic E-state index is 12.4. The van der Waals surface area contributed by atoms with Crippen LogP contribution in [0.1, 0.15) is 30.1 Å². The molecule has 1 saturated heterocycles. The molecule has 1 atom stereocenters. The first-order valence-corrected chi connectivity index (χ1v) is 10.1. The average Bonchev–Trinajstić information content (AvgIpc) is 2.95. The molecular weight excluding hydrogens is 360 g/mol. The number of nitrogens with one attached hydrogen (secondary N) is 1. The molecule has 142 valence electrons. The normalized spacial score (nSPS) is 18.2. The molecule has 1 aliphatic rings. The number of anilines is 1. The van der Waals surface area contributed by atoms with Crippen molar-refractivity contribution in [3.05, 3.63) is 29.8 Å². The van der Waals surface area contributed by atoms with Crippen molar-refractivity contribution in [2.75, 3.05) is 30.5 Å². The lowest BCUT2D eigenvalue weighted by molar-refractivity contribution is -0.135. The van der Waals surface area contributed by atoms with Gasteiger partial charge in [0.05, 0.1) is 24.2 Å². The summed E-state index contributed by atoms with van der Waals surface area (Å²) in [7, 11) is -1.83. The molecule has 0 aromatic heterocycles. The van der Waals surface area contributed by atoms with E-state index in [0.717, 1.165) is 0 Å². The Morgan fingerprint density at radius 1 is 1.23 bits per heavy atom. The molecule has 8 nitrogen and oxygen atoms in total. The van der Waals surface area contributed by atoms with Crippen molar-refractivity contribution in [1.82, 2.24) is 4.90 Å². The molecule has 9 heteroatoms. The number of sulfone groups is 1. The summed E-state index contributed by atoms with van der Waals surface area (Å²) in [5.74, 6) is -1.37. The Morgan fingerprint density at radius 2 is 1.88 bits per heavy atom. The van der Waals surface area contributed by atoms with Gasteiger partial charge in [0, 0.05) is 18.3 Å². The molecule has 1 unspecified atom stereocenters. The summed E-state index contributed by atoms with van der Waals surface area (Å²) in [6.45, 7) is 2.10. The Hall–Kier alpha value is -2.42. The number of rotatable bonds is 6. The summed E-state index contributed by atoms with van der Waals surface area (Å²) in [5, 5.41) is 2.59. The van der Waals surface area contributed by atoms with Crippen molar-refractivity contribution in [3.8, 4) is 0 Å². The lowest BCUT2D eigenvalue weighted by Crippen LogP contribution is -2.42. The second kappa shape index (κ2) is 8.31. The largest absolute Gasteiger partial charge is 0.465 e. The third-order valence-electron chi connectivity index (χ3n) is 4.21. The van der Waals surface area contributed by atoms with E-state index in [1.165, 1.54) is 36.3 Å². The summed E-state index contributed by atoms with van der Waals surface area (Å²) >= 11 is 0. The summed E-state index contributed by atoms with van der Waals surface area (Å²) < 4.78 is 27.8. The number of benzene rings is 1. The molecule has 1 N–H and O–H groups in total. The average molecular weight is 382 g/mol. The first-order valence-electron chi connectivity index (χ1n) is 8.24. The molecule has 0 bridgehead atoms. The predicted octanol–water partition coefficient (Wildman–Crippen LogP) is 0.837. The van der Waals surface area contributed by atoms with Gasteiger partial charge < -0.3 is 15.0 Å². The quantitative estimate of drug-likeness (QED) is 0.577. The van der Waals surface area contributed by atoms with Crippen LogP contribution in [0.15, 0.2) is 24.3 Å². The third-order valence-corrected chi connectivity index (χ3v) is 5.96. The van der Waals surface area contributed by atoms with Crippen LogP contribution in [0.3, 0.4) is 0 Å². The fourth-order valence-corrected chi connectivity index (χ4v) is 4.64. The van der Waals surface area contributed by atoms with E-state index in [-0.39, 0.29) is 24.0 Å². The van der Waals surface area contributed by atoms with E-state index in [4.69, 9.17) is 0 Å². The van der Waals surface area contributed by atoms with Crippen LogP contribution in [0, 0.1) is 0 Å². The molecule has 1 aromatic rings. The number of hydrogen-bond acceptors (Lipinski definition) is 6. The number of nitrogens with zero attached hydrogens (tertiary/aromatic N) is 1. The van der Waals surface area contributed by atoms with Gasteiger partial charge in [-0.05, 0) is 37.6 Å². The van der Waals surface area contributed by atoms with Crippen molar-refractivity contribution in [1.29, 1.82) is 0 Å². The minimum absolute atomic E-state index is 0.0524. The Kier molecular flexibility index (Phi) is 6.36. The first kappa shape index (κ1) is 19.9. The summed E-state index contributed by atoms with van der Waals surface area (Å²) in [6.07, 6.45) is 0.0294. The number of esters is 1. The topological polar surface area (TPSA) is 110 Å². The highest BCUT2D eigenvalue weighted by Crippen LogP contribution is 2.19. The van der Waals surface area contributed by atoms with Gasteiger partial charge in [-0.2, -0.15) is 0 Å². The van der Waals surface area contributed by atoms with Crippen molar-refractivity contribution in [2.45, 2.75) is 25.8 Å². The zero-order chi connectivity index (χ0) is 19.3. The van der Waals surface area contributed by atoms with Crippen molar-refractivity contribution in [3.63, 3.8) is 0 Å². The highest BCUT2D eigenvalue weighted by atomic mass is 32.2. The smallest absolute Gasteiger partial charge is 0.337 e. The van der Waals surface area contributed by atoms with Gasteiger partial charge in [0.2, 0.25) is 11.8 Å². The second-order valence-electron chi connectivity index (χ2n) is 6.03. The number of ether oxygens (including phenoxy) is 1. The van der Waals surface area contributed by atoms with Gasteiger partial charge in [-0.15, -0.1) is 0 Å². The van der Waals surface area contributed by atoms with Crippen molar-refractivity contribution < 1.29 is 27.5 Å². The molecule has 2 rings (SSSR count). The van der Waals surface area contributed by atoms with Crippen LogP contribution in [0.5, 0.6) is 0 Å². The molecule has 26 heavy (non-hydrogen) atoms. The van der Waals surface area contributed by atoms with Crippen LogP contribution >= 0.6 is 0 Å². The third kappa shape index (κ3) is 5.04. The Morgan fingerprint density at radius 3 is 2.38 bits per heavy atom. The van der Waals surface area contributed by atoms with E-state index < -0.39 is 27.6 Å². The van der Waals surface area contributed by atoms with E-state index in [1.54, 1.807) is 6.92 Å². The van der Waals surface area contributed by atoms with Gasteiger partial charge in [-0.1, -0.05) is 0 Å². The standard InChI is InChI=1S/C17H22N2O6S/c1-3-19(14-8-9-26(23,24)11-14)16(21)10-15(20)18-13-6-4-12(5-7-13)17(22)25-2/h4-7,14H,3,8-11H2,1-2H3,(H,18,20). The molecule has 0 radical (unpaired) electrons. The van der Waals surface area contributed by atoms with E-state index in [1.807, 2.05) is 0 Å². The summed E-state index contributed by atoms with van der Waals surface area (Å²) in [4.78, 5) is 37.3. The molecule has 0 saturated carbocycles. The molecule has 1 heterocycles. The lowest BCUT2D eigenvalue weighted by atomic mass is 10.2. The molecular formula is C17H22N2O6S. The molecule has 0 aliphatic carbocycles. The van der Waals surface area contributed by atoms with Gasteiger partial charge in [-0.25, -0.2) is 13.2 Å².